The second-order valence-electron chi connectivity index (χ2n) is 4.47. The number of carbonyl (C=O) groups excluding carboxylic acids is 1. The average molecular weight is 249 g/mol. The number of nitrogens with two attached hydrogens (primary N) is 1. The van der Waals surface area contributed by atoms with E-state index < -0.39 is 0 Å². The number of hydrogen-bond acceptors (Lipinski definition) is 4. The van der Waals surface area contributed by atoms with Gasteiger partial charge in [-0.2, -0.15) is 0 Å². The van der Waals surface area contributed by atoms with Gasteiger partial charge in [-0.3, -0.25) is 9.69 Å². The standard InChI is InChI=1S/C13H19N3O2/c14-5-6-15-7-9-16(10-8-15)13(18)11-1-3-12(17)4-2-11/h1-4,17H,5-10,14H2. The lowest BCUT2D eigenvalue weighted by Gasteiger charge is -2.34. The second-order valence-corrected chi connectivity index (χ2v) is 4.47. The third-order valence-corrected chi connectivity index (χ3v) is 3.22. The van der Waals surface area contributed by atoms with Gasteiger partial charge < -0.3 is 15.7 Å². The van der Waals surface area contributed by atoms with Crippen LogP contribution in [0, 0.1) is 0 Å². The number of phenols is 1. The lowest BCUT2D eigenvalue weighted by molar-refractivity contribution is 0.0641. The topological polar surface area (TPSA) is 69.8 Å². The molecule has 0 bridgehead atoms. The van der Waals surface area contributed by atoms with Gasteiger partial charge in [-0.15, -0.1) is 0 Å². The molecule has 1 saturated heterocycles. The molecule has 2 rings (SSSR count). The highest BCUT2D eigenvalue weighted by Gasteiger charge is 2.21. The highest BCUT2D eigenvalue weighted by molar-refractivity contribution is 5.94. The van der Waals surface area contributed by atoms with E-state index in [0.29, 0.717) is 12.1 Å². The lowest BCUT2D eigenvalue weighted by Crippen LogP contribution is -2.49. The minimum atomic E-state index is 0.0300. The fourth-order valence-corrected chi connectivity index (χ4v) is 2.14. The SMILES string of the molecule is NCCN1CCN(C(=O)c2ccc(O)cc2)CC1. The highest BCUT2D eigenvalue weighted by Crippen LogP contribution is 2.13. The van der Waals surface area contributed by atoms with Crippen molar-refractivity contribution in [3.05, 3.63) is 29.8 Å². The summed E-state index contributed by atoms with van der Waals surface area (Å²) < 4.78 is 0. The Morgan fingerprint density at radius 2 is 1.78 bits per heavy atom. The summed E-state index contributed by atoms with van der Waals surface area (Å²) in [5.74, 6) is 0.210. The second kappa shape index (κ2) is 5.84. The molecule has 1 aromatic rings. The molecule has 5 nitrogen and oxygen atoms in total. The average Bonchev–Trinajstić information content (AvgIpc) is 2.40. The van der Waals surface area contributed by atoms with Gasteiger partial charge in [0.25, 0.3) is 5.91 Å². The van der Waals surface area contributed by atoms with Crippen LogP contribution in [0.5, 0.6) is 5.75 Å². The van der Waals surface area contributed by atoms with Gasteiger partial charge in [-0.1, -0.05) is 0 Å². The Hall–Kier alpha value is -1.59. The number of rotatable bonds is 3. The Balaban J connectivity index is 1.93. The van der Waals surface area contributed by atoms with Gasteiger partial charge >= 0.3 is 0 Å². The predicted octanol–water partition coefficient (Wildman–Crippen LogP) is 0.109. The molecule has 0 atom stereocenters. The summed E-state index contributed by atoms with van der Waals surface area (Å²) in [6.45, 7) is 4.77. The van der Waals surface area contributed by atoms with E-state index in [1.807, 2.05) is 4.90 Å². The summed E-state index contributed by atoms with van der Waals surface area (Å²) in [5.41, 5.74) is 6.14. The number of nitrogens with zero attached hydrogens (tertiary/aromatic N) is 2. The monoisotopic (exact) mass is 249 g/mol. The number of phenolic OH excluding ortho intramolecular Hbond substituents is 1. The van der Waals surface area contributed by atoms with Crippen molar-refractivity contribution in [2.24, 2.45) is 5.73 Å². The number of aromatic hydroxyl groups is 1. The van der Waals surface area contributed by atoms with Gasteiger partial charge in [0.05, 0.1) is 0 Å². The Morgan fingerprint density at radius 3 is 2.33 bits per heavy atom. The fourth-order valence-electron chi connectivity index (χ4n) is 2.14. The smallest absolute Gasteiger partial charge is 0.253 e. The Labute approximate surface area is 107 Å². The summed E-state index contributed by atoms with van der Waals surface area (Å²) >= 11 is 0. The van der Waals surface area contributed by atoms with Gasteiger partial charge in [-0.25, -0.2) is 0 Å². The molecule has 0 radical (unpaired) electrons. The minimum Gasteiger partial charge on any atom is -0.508 e. The molecule has 0 aliphatic carbocycles. The number of hydrogen-bond donors (Lipinski definition) is 2. The predicted molar refractivity (Wildman–Crippen MR) is 69.5 cm³/mol. The van der Waals surface area contributed by atoms with Crippen LogP contribution in [0.25, 0.3) is 0 Å². The van der Waals surface area contributed by atoms with E-state index in [9.17, 15) is 9.90 Å². The maximum Gasteiger partial charge on any atom is 0.253 e. The Morgan fingerprint density at radius 1 is 1.17 bits per heavy atom. The van der Waals surface area contributed by atoms with Crippen LogP contribution < -0.4 is 5.73 Å². The molecule has 0 aromatic heterocycles. The third-order valence-electron chi connectivity index (χ3n) is 3.22. The quantitative estimate of drug-likeness (QED) is 0.797. The zero-order valence-electron chi connectivity index (χ0n) is 10.4. The first kappa shape index (κ1) is 12.9. The number of carbonyl (C=O) groups is 1. The number of benzene rings is 1. The van der Waals surface area contributed by atoms with Crippen molar-refractivity contribution in [1.29, 1.82) is 0 Å². The molecular weight excluding hydrogens is 230 g/mol. The minimum absolute atomic E-state index is 0.0300. The third kappa shape index (κ3) is 3.00. The molecule has 98 valence electrons. The summed E-state index contributed by atoms with van der Waals surface area (Å²) in [6.07, 6.45) is 0. The molecule has 1 aliphatic rings. The molecular formula is C13H19N3O2. The van der Waals surface area contributed by atoms with E-state index >= 15 is 0 Å². The van der Waals surface area contributed by atoms with E-state index in [4.69, 9.17) is 5.73 Å². The van der Waals surface area contributed by atoms with Gasteiger partial charge in [0, 0.05) is 44.8 Å². The van der Waals surface area contributed by atoms with Crippen molar-refractivity contribution in [2.45, 2.75) is 0 Å². The molecule has 18 heavy (non-hydrogen) atoms. The van der Waals surface area contributed by atoms with Crippen LogP contribution in [-0.2, 0) is 0 Å². The van der Waals surface area contributed by atoms with Crippen LogP contribution in [0.15, 0.2) is 24.3 Å². The van der Waals surface area contributed by atoms with Gasteiger partial charge in [0.1, 0.15) is 5.75 Å². The molecule has 1 fully saturated rings. The van der Waals surface area contributed by atoms with Crippen LogP contribution >= 0.6 is 0 Å². The van der Waals surface area contributed by atoms with Crippen LogP contribution in [0.4, 0.5) is 0 Å². The molecule has 1 heterocycles. The zero-order chi connectivity index (χ0) is 13.0. The van der Waals surface area contributed by atoms with Crippen LogP contribution in [0.1, 0.15) is 10.4 Å². The van der Waals surface area contributed by atoms with Gasteiger partial charge in [-0.05, 0) is 24.3 Å². The van der Waals surface area contributed by atoms with E-state index in [0.717, 1.165) is 32.7 Å². The van der Waals surface area contributed by atoms with E-state index in [2.05, 4.69) is 4.90 Å². The van der Waals surface area contributed by atoms with Crippen molar-refractivity contribution in [2.75, 3.05) is 39.3 Å². The summed E-state index contributed by atoms with van der Waals surface area (Å²) in [7, 11) is 0. The summed E-state index contributed by atoms with van der Waals surface area (Å²) in [6, 6.07) is 6.39. The van der Waals surface area contributed by atoms with Gasteiger partial charge in [0.15, 0.2) is 0 Å². The Bertz CT molecular complexity index is 397. The van der Waals surface area contributed by atoms with Crippen LogP contribution in [0.2, 0.25) is 0 Å². The molecule has 1 aromatic carbocycles. The maximum absolute atomic E-state index is 12.2. The van der Waals surface area contributed by atoms with Crippen LogP contribution in [-0.4, -0.2) is 60.1 Å². The van der Waals surface area contributed by atoms with Crippen molar-refractivity contribution < 1.29 is 9.90 Å². The molecule has 0 unspecified atom stereocenters. The van der Waals surface area contributed by atoms with E-state index in [1.54, 1.807) is 12.1 Å². The van der Waals surface area contributed by atoms with Gasteiger partial charge in [0.2, 0.25) is 0 Å². The largest absolute Gasteiger partial charge is 0.508 e. The number of amides is 1. The summed E-state index contributed by atoms with van der Waals surface area (Å²) in [4.78, 5) is 16.3. The van der Waals surface area contributed by atoms with Crippen molar-refractivity contribution in [3.8, 4) is 5.75 Å². The zero-order valence-corrected chi connectivity index (χ0v) is 10.4. The molecule has 1 aliphatic heterocycles. The number of piperazine rings is 1. The molecule has 3 N–H and O–H groups in total. The lowest BCUT2D eigenvalue weighted by atomic mass is 10.1. The summed E-state index contributed by atoms with van der Waals surface area (Å²) in [5, 5.41) is 9.20. The molecule has 0 spiro atoms. The van der Waals surface area contributed by atoms with Crippen molar-refractivity contribution in [3.63, 3.8) is 0 Å². The van der Waals surface area contributed by atoms with Crippen molar-refractivity contribution in [1.82, 2.24) is 9.80 Å². The fraction of sp³-hybridized carbons (Fsp3) is 0.462. The van der Waals surface area contributed by atoms with Crippen molar-refractivity contribution >= 4 is 5.91 Å². The normalized spacial score (nSPS) is 16.8. The van der Waals surface area contributed by atoms with E-state index in [-0.39, 0.29) is 11.7 Å². The van der Waals surface area contributed by atoms with E-state index in [1.165, 1.54) is 12.1 Å². The van der Waals surface area contributed by atoms with Crippen LogP contribution in [0.3, 0.4) is 0 Å². The molecule has 5 heteroatoms. The first-order valence-electron chi connectivity index (χ1n) is 6.21. The first-order chi connectivity index (χ1) is 8.70. The molecule has 1 amide bonds. The Kier molecular flexibility index (Phi) is 4.17. The first-order valence-corrected chi connectivity index (χ1v) is 6.21. The maximum atomic E-state index is 12.2. The molecule has 0 saturated carbocycles. The highest BCUT2D eigenvalue weighted by atomic mass is 16.3.